The molecule has 1 N–H and O–H groups in total. The van der Waals surface area contributed by atoms with Gasteiger partial charge in [0.05, 0.1) is 17.7 Å². The van der Waals surface area contributed by atoms with E-state index in [4.69, 9.17) is 4.74 Å². The van der Waals surface area contributed by atoms with Gasteiger partial charge in [-0.05, 0) is 43.7 Å². The highest BCUT2D eigenvalue weighted by Crippen LogP contribution is 2.32. The number of methoxy groups -OCH3 is 1. The number of ether oxygens (including phenoxy) is 1. The van der Waals surface area contributed by atoms with Crippen LogP contribution in [0.2, 0.25) is 0 Å². The molecule has 0 bridgehead atoms. The van der Waals surface area contributed by atoms with Crippen LogP contribution in [-0.4, -0.2) is 51.4 Å². The van der Waals surface area contributed by atoms with Crippen LogP contribution in [0.15, 0.2) is 89.8 Å². The van der Waals surface area contributed by atoms with Gasteiger partial charge in [0.1, 0.15) is 18.3 Å². The number of nitrogens with zero attached hydrogens (tertiary/aromatic N) is 2. The highest BCUT2D eigenvalue weighted by Gasteiger charge is 2.33. The molecule has 0 spiro atoms. The lowest BCUT2D eigenvalue weighted by molar-refractivity contribution is -0.139. The van der Waals surface area contributed by atoms with Gasteiger partial charge >= 0.3 is 0 Å². The SMILES string of the molecule is CCNC(=O)[C@H](C)N(Cc1ccccc1)C(=O)CN(c1ccccc1OC)S(=O)(=O)c1ccccc1. The molecule has 0 fully saturated rings. The minimum atomic E-state index is -4.14. The Morgan fingerprint density at radius 1 is 0.917 bits per heavy atom. The van der Waals surface area contributed by atoms with E-state index in [1.165, 1.54) is 24.1 Å². The Hall–Kier alpha value is -3.85. The van der Waals surface area contributed by atoms with Crippen LogP contribution in [0.5, 0.6) is 5.75 Å². The molecule has 190 valence electrons. The van der Waals surface area contributed by atoms with Gasteiger partial charge in [-0.2, -0.15) is 0 Å². The van der Waals surface area contributed by atoms with Crippen molar-refractivity contribution in [2.45, 2.75) is 31.3 Å². The quantitative estimate of drug-likeness (QED) is 0.427. The molecule has 0 aliphatic carbocycles. The first kappa shape index (κ1) is 26.7. The average Bonchev–Trinajstić information content (AvgIpc) is 2.91. The van der Waals surface area contributed by atoms with Crippen molar-refractivity contribution < 1.29 is 22.7 Å². The van der Waals surface area contributed by atoms with Crippen LogP contribution < -0.4 is 14.4 Å². The first-order valence-electron chi connectivity index (χ1n) is 11.6. The smallest absolute Gasteiger partial charge is 0.264 e. The number of carbonyl (C=O) groups is 2. The van der Waals surface area contributed by atoms with E-state index in [0.29, 0.717) is 12.3 Å². The molecule has 3 aromatic carbocycles. The third-order valence-electron chi connectivity index (χ3n) is 5.68. The number of rotatable bonds is 11. The number of benzene rings is 3. The highest BCUT2D eigenvalue weighted by molar-refractivity contribution is 7.92. The molecule has 2 amide bonds. The summed E-state index contributed by atoms with van der Waals surface area (Å²) in [4.78, 5) is 27.9. The van der Waals surface area contributed by atoms with E-state index in [1.54, 1.807) is 56.3 Å². The Kier molecular flexibility index (Phi) is 9.08. The summed E-state index contributed by atoms with van der Waals surface area (Å²) in [5, 5.41) is 2.74. The number of hydrogen-bond acceptors (Lipinski definition) is 5. The van der Waals surface area contributed by atoms with E-state index in [-0.39, 0.29) is 23.0 Å². The first-order chi connectivity index (χ1) is 17.3. The minimum Gasteiger partial charge on any atom is -0.495 e. The summed E-state index contributed by atoms with van der Waals surface area (Å²) in [5.41, 5.74) is 1.04. The van der Waals surface area contributed by atoms with Crippen molar-refractivity contribution in [3.63, 3.8) is 0 Å². The molecule has 0 heterocycles. The number of hydrogen-bond donors (Lipinski definition) is 1. The van der Waals surface area contributed by atoms with E-state index in [2.05, 4.69) is 5.32 Å². The Morgan fingerprint density at radius 2 is 1.50 bits per heavy atom. The Morgan fingerprint density at radius 3 is 2.11 bits per heavy atom. The lowest BCUT2D eigenvalue weighted by Gasteiger charge is -2.32. The van der Waals surface area contributed by atoms with Gasteiger partial charge < -0.3 is 15.0 Å². The van der Waals surface area contributed by atoms with E-state index >= 15 is 0 Å². The zero-order valence-corrected chi connectivity index (χ0v) is 21.4. The molecule has 0 aliphatic heterocycles. The largest absolute Gasteiger partial charge is 0.495 e. The van der Waals surface area contributed by atoms with Crippen LogP contribution in [-0.2, 0) is 26.2 Å². The molecule has 36 heavy (non-hydrogen) atoms. The molecule has 3 aromatic rings. The number of anilines is 1. The number of nitrogens with one attached hydrogen (secondary N) is 1. The van der Waals surface area contributed by atoms with Gasteiger partial charge in [0.15, 0.2) is 0 Å². The fourth-order valence-corrected chi connectivity index (χ4v) is 5.20. The Bertz CT molecular complexity index is 1270. The fourth-order valence-electron chi connectivity index (χ4n) is 3.75. The van der Waals surface area contributed by atoms with Gasteiger partial charge in [-0.15, -0.1) is 0 Å². The van der Waals surface area contributed by atoms with Crippen LogP contribution in [0.3, 0.4) is 0 Å². The highest BCUT2D eigenvalue weighted by atomic mass is 32.2. The summed E-state index contributed by atoms with van der Waals surface area (Å²) >= 11 is 0. The van der Waals surface area contributed by atoms with Gasteiger partial charge in [0, 0.05) is 13.1 Å². The Balaban J connectivity index is 2.05. The maximum atomic E-state index is 13.8. The predicted molar refractivity (Wildman–Crippen MR) is 139 cm³/mol. The zero-order chi connectivity index (χ0) is 26.1. The molecule has 0 saturated heterocycles. The maximum absolute atomic E-state index is 13.8. The molecule has 0 aromatic heterocycles. The second kappa shape index (κ2) is 12.2. The van der Waals surface area contributed by atoms with Gasteiger partial charge in [-0.25, -0.2) is 8.42 Å². The van der Waals surface area contributed by atoms with Crippen LogP contribution in [0.25, 0.3) is 0 Å². The lowest BCUT2D eigenvalue weighted by Crippen LogP contribution is -2.51. The third-order valence-corrected chi connectivity index (χ3v) is 7.45. The standard InChI is InChI=1S/C27H31N3O5S/c1-4-28-27(32)21(2)29(19-22-13-7-5-8-14-22)26(31)20-30(24-17-11-12-18-25(24)35-3)36(33,34)23-15-9-6-10-16-23/h5-18,21H,4,19-20H2,1-3H3,(H,28,32)/t21-/m0/s1. The minimum absolute atomic E-state index is 0.0371. The topological polar surface area (TPSA) is 96.0 Å². The van der Waals surface area contributed by atoms with Gasteiger partial charge in [0.2, 0.25) is 11.8 Å². The first-order valence-corrected chi connectivity index (χ1v) is 13.1. The van der Waals surface area contributed by atoms with Crippen LogP contribution >= 0.6 is 0 Å². The van der Waals surface area contributed by atoms with E-state index in [1.807, 2.05) is 30.3 Å². The summed E-state index contributed by atoms with van der Waals surface area (Å²) in [7, 11) is -2.70. The monoisotopic (exact) mass is 509 g/mol. The predicted octanol–water partition coefficient (Wildman–Crippen LogP) is 3.44. The molecule has 0 radical (unpaired) electrons. The second-order valence-electron chi connectivity index (χ2n) is 8.07. The van der Waals surface area contributed by atoms with Crippen molar-refractivity contribution in [3.05, 3.63) is 90.5 Å². The third kappa shape index (κ3) is 6.23. The van der Waals surface area contributed by atoms with Gasteiger partial charge in [-0.3, -0.25) is 13.9 Å². The lowest BCUT2D eigenvalue weighted by atomic mass is 10.1. The molecule has 3 rings (SSSR count). The van der Waals surface area contributed by atoms with Crippen molar-refractivity contribution >= 4 is 27.5 Å². The normalized spacial score (nSPS) is 11.9. The summed E-state index contributed by atoms with van der Waals surface area (Å²) in [6.07, 6.45) is 0. The maximum Gasteiger partial charge on any atom is 0.264 e. The molecular weight excluding hydrogens is 478 g/mol. The molecule has 9 heteroatoms. The Labute approximate surface area is 212 Å². The number of likely N-dealkylation sites (N-methyl/N-ethyl adjacent to an activating group) is 1. The van der Waals surface area contributed by atoms with Crippen LogP contribution in [0.4, 0.5) is 5.69 Å². The fraction of sp³-hybridized carbons (Fsp3) is 0.259. The van der Waals surface area contributed by atoms with Crippen molar-refractivity contribution in [1.82, 2.24) is 10.2 Å². The second-order valence-corrected chi connectivity index (χ2v) is 9.94. The van der Waals surface area contributed by atoms with Crippen LogP contribution in [0.1, 0.15) is 19.4 Å². The summed E-state index contributed by atoms with van der Waals surface area (Å²) < 4.78 is 33.9. The van der Waals surface area contributed by atoms with Crippen LogP contribution in [0, 0.1) is 0 Å². The van der Waals surface area contributed by atoms with E-state index in [9.17, 15) is 18.0 Å². The summed E-state index contributed by atoms with van der Waals surface area (Å²) in [6, 6.07) is 22.9. The van der Waals surface area contributed by atoms with Gasteiger partial charge in [-0.1, -0.05) is 60.7 Å². The van der Waals surface area contributed by atoms with Gasteiger partial charge in [0.25, 0.3) is 10.0 Å². The van der Waals surface area contributed by atoms with E-state index < -0.39 is 28.5 Å². The number of amides is 2. The van der Waals surface area contributed by atoms with Crippen molar-refractivity contribution in [2.24, 2.45) is 0 Å². The number of para-hydroxylation sites is 2. The molecule has 0 unspecified atom stereocenters. The van der Waals surface area contributed by atoms with Crippen molar-refractivity contribution in [1.29, 1.82) is 0 Å². The molecule has 0 saturated carbocycles. The molecule has 1 atom stereocenters. The average molecular weight is 510 g/mol. The van der Waals surface area contributed by atoms with Crippen molar-refractivity contribution in [2.75, 3.05) is 24.5 Å². The molecule has 0 aliphatic rings. The van der Waals surface area contributed by atoms with Crippen molar-refractivity contribution in [3.8, 4) is 5.75 Å². The summed E-state index contributed by atoms with van der Waals surface area (Å²) in [5.74, 6) is -0.546. The molecule has 8 nitrogen and oxygen atoms in total. The zero-order valence-electron chi connectivity index (χ0n) is 20.6. The number of carbonyl (C=O) groups excluding carboxylic acids is 2. The van der Waals surface area contributed by atoms with E-state index in [0.717, 1.165) is 9.87 Å². The number of sulfonamides is 1. The summed E-state index contributed by atoms with van der Waals surface area (Å²) in [6.45, 7) is 3.46. The molecular formula is C27H31N3O5S.